The molecule has 126 valence electrons. The molecule has 1 fully saturated rings. The average molecular weight is 325 g/mol. The van der Waals surface area contributed by atoms with Crippen LogP contribution in [0.15, 0.2) is 24.3 Å². The Balaban J connectivity index is 2.33. The summed E-state index contributed by atoms with van der Waals surface area (Å²) in [6, 6.07) is 4.95. The largest absolute Gasteiger partial charge is 0.426 e. The second kappa shape index (κ2) is 7.05. The van der Waals surface area contributed by atoms with Gasteiger partial charge in [-0.1, -0.05) is 12.1 Å². The topological polar surface area (TPSA) is 128 Å². The zero-order valence-electron chi connectivity index (χ0n) is 12.5. The third-order valence-electron chi connectivity index (χ3n) is 3.74. The monoisotopic (exact) mass is 325 g/mol. The molecule has 1 aliphatic heterocycles. The number of carbonyl (C=O) groups is 2. The number of nitrogens with zero attached hydrogens (tertiary/aromatic N) is 1. The number of aliphatic hydroxyl groups excluding tert-OH is 4. The van der Waals surface area contributed by atoms with Crippen molar-refractivity contribution in [3.63, 3.8) is 0 Å². The van der Waals surface area contributed by atoms with Gasteiger partial charge in [-0.15, -0.1) is 0 Å². The smallest absolute Gasteiger partial charge is 0.308 e. The highest BCUT2D eigenvalue weighted by Gasteiger charge is 2.43. The zero-order valence-corrected chi connectivity index (χ0v) is 12.5. The highest BCUT2D eigenvalue weighted by molar-refractivity contribution is 5.98. The molecule has 0 saturated carbocycles. The van der Waals surface area contributed by atoms with Gasteiger partial charge >= 0.3 is 5.97 Å². The van der Waals surface area contributed by atoms with Crippen LogP contribution in [-0.2, 0) is 4.79 Å². The Morgan fingerprint density at radius 2 is 1.87 bits per heavy atom. The molecule has 1 amide bonds. The number of aliphatic hydroxyl groups is 4. The van der Waals surface area contributed by atoms with Gasteiger partial charge in [-0.3, -0.25) is 9.59 Å². The number of β-amino-alcohol motifs (C(OH)–C–C–N with tert-alkyl or cyclic N) is 1. The number of para-hydroxylation sites is 1. The minimum atomic E-state index is -1.49. The van der Waals surface area contributed by atoms with E-state index in [-0.39, 0.29) is 17.9 Å². The summed E-state index contributed by atoms with van der Waals surface area (Å²) in [6.45, 7) is 0.339. The third kappa shape index (κ3) is 3.50. The fraction of sp³-hybridized carbons (Fsp3) is 0.467. The van der Waals surface area contributed by atoms with Crippen LogP contribution in [-0.4, -0.2) is 74.7 Å². The van der Waals surface area contributed by atoms with Crippen molar-refractivity contribution in [2.75, 3.05) is 13.2 Å². The van der Waals surface area contributed by atoms with E-state index < -0.39 is 42.8 Å². The molecular formula is C15H19NO7. The maximum Gasteiger partial charge on any atom is 0.308 e. The van der Waals surface area contributed by atoms with Crippen LogP contribution < -0.4 is 4.74 Å². The van der Waals surface area contributed by atoms with Crippen molar-refractivity contribution in [3.8, 4) is 5.75 Å². The van der Waals surface area contributed by atoms with Gasteiger partial charge in [-0.05, 0) is 12.1 Å². The number of carbonyl (C=O) groups excluding carboxylic acids is 2. The quantitative estimate of drug-likeness (QED) is 0.394. The lowest BCUT2D eigenvalue weighted by atomic mass is 9.93. The Labute approximate surface area is 132 Å². The predicted octanol–water partition coefficient (Wildman–Crippen LogP) is -1.49. The zero-order chi connectivity index (χ0) is 17.1. The van der Waals surface area contributed by atoms with Gasteiger partial charge in [-0.25, -0.2) is 0 Å². The molecular weight excluding hydrogens is 306 g/mol. The fourth-order valence-electron chi connectivity index (χ4n) is 2.57. The van der Waals surface area contributed by atoms with E-state index in [1.165, 1.54) is 19.1 Å². The molecule has 8 nitrogen and oxygen atoms in total. The van der Waals surface area contributed by atoms with Crippen LogP contribution in [0.5, 0.6) is 5.75 Å². The van der Waals surface area contributed by atoms with E-state index in [0.29, 0.717) is 0 Å². The van der Waals surface area contributed by atoms with Crippen molar-refractivity contribution in [2.45, 2.75) is 31.3 Å². The van der Waals surface area contributed by atoms with Gasteiger partial charge in [0.15, 0.2) is 0 Å². The third-order valence-corrected chi connectivity index (χ3v) is 3.74. The molecule has 0 aromatic heterocycles. The normalized spacial score (nSPS) is 27.6. The summed E-state index contributed by atoms with van der Waals surface area (Å²) in [5, 5.41) is 38.8. The van der Waals surface area contributed by atoms with Crippen molar-refractivity contribution in [1.29, 1.82) is 0 Å². The second-order valence-corrected chi connectivity index (χ2v) is 5.35. The SMILES string of the molecule is CC(=O)Oc1ccccc1C(=O)N1C[C@H](O)[C@@H](O)[C@H](O)[C@H]1CO. The standard InChI is InChI=1S/C15H19NO7/c1-8(18)23-12-5-3-2-4-9(12)15(22)16-6-11(19)14(21)13(20)10(16)7-17/h2-5,10-11,13-14,17,19-21H,6-7H2,1H3/t10-,11+,13-,14-/m1/s1. The molecule has 4 N–H and O–H groups in total. The van der Waals surface area contributed by atoms with Gasteiger partial charge in [0.2, 0.25) is 0 Å². The molecule has 0 spiro atoms. The van der Waals surface area contributed by atoms with Crippen molar-refractivity contribution in [1.82, 2.24) is 4.90 Å². The lowest BCUT2D eigenvalue weighted by Crippen LogP contribution is -2.63. The van der Waals surface area contributed by atoms with Crippen LogP contribution in [0, 0.1) is 0 Å². The molecule has 1 aromatic carbocycles. The Hall–Kier alpha value is -2.00. The van der Waals surface area contributed by atoms with Crippen molar-refractivity contribution in [3.05, 3.63) is 29.8 Å². The van der Waals surface area contributed by atoms with E-state index in [1.54, 1.807) is 12.1 Å². The fourth-order valence-corrected chi connectivity index (χ4v) is 2.57. The molecule has 4 atom stereocenters. The summed E-state index contributed by atoms with van der Waals surface area (Å²) in [5.41, 5.74) is 0.0527. The summed E-state index contributed by atoms with van der Waals surface area (Å²) in [4.78, 5) is 24.9. The van der Waals surface area contributed by atoms with E-state index in [0.717, 1.165) is 4.90 Å². The first-order valence-electron chi connectivity index (χ1n) is 7.10. The molecule has 2 rings (SSSR count). The van der Waals surface area contributed by atoms with Crippen molar-refractivity contribution in [2.24, 2.45) is 0 Å². The van der Waals surface area contributed by atoms with Crippen LogP contribution in [0.25, 0.3) is 0 Å². The van der Waals surface area contributed by atoms with Crippen LogP contribution in [0.2, 0.25) is 0 Å². The number of hydrogen-bond acceptors (Lipinski definition) is 7. The summed E-state index contributed by atoms with van der Waals surface area (Å²) in [7, 11) is 0. The minimum absolute atomic E-state index is 0.0387. The number of hydrogen-bond donors (Lipinski definition) is 4. The lowest BCUT2D eigenvalue weighted by Gasteiger charge is -2.43. The van der Waals surface area contributed by atoms with E-state index >= 15 is 0 Å². The summed E-state index contributed by atoms with van der Waals surface area (Å²) < 4.78 is 4.98. The highest BCUT2D eigenvalue weighted by atomic mass is 16.5. The van der Waals surface area contributed by atoms with Crippen LogP contribution in [0.4, 0.5) is 0 Å². The summed E-state index contributed by atoms with van der Waals surface area (Å²) in [5.74, 6) is -1.19. The first-order valence-corrected chi connectivity index (χ1v) is 7.10. The van der Waals surface area contributed by atoms with E-state index in [4.69, 9.17) is 4.74 Å². The molecule has 23 heavy (non-hydrogen) atoms. The maximum atomic E-state index is 12.7. The van der Waals surface area contributed by atoms with Crippen LogP contribution in [0.1, 0.15) is 17.3 Å². The van der Waals surface area contributed by atoms with Crippen molar-refractivity contribution < 1.29 is 34.8 Å². The Morgan fingerprint density at radius 3 is 2.48 bits per heavy atom. The number of benzene rings is 1. The number of ether oxygens (including phenoxy) is 1. The number of likely N-dealkylation sites (tertiary alicyclic amines) is 1. The van der Waals surface area contributed by atoms with Gasteiger partial charge in [0, 0.05) is 6.92 Å². The second-order valence-electron chi connectivity index (χ2n) is 5.35. The number of amides is 1. The Bertz CT molecular complexity index is 591. The van der Waals surface area contributed by atoms with Gasteiger partial charge < -0.3 is 30.1 Å². The molecule has 8 heteroatoms. The van der Waals surface area contributed by atoms with Crippen LogP contribution >= 0.6 is 0 Å². The van der Waals surface area contributed by atoms with Gasteiger partial charge in [0.05, 0.1) is 24.8 Å². The first kappa shape index (κ1) is 17.4. The molecule has 1 heterocycles. The van der Waals surface area contributed by atoms with Gasteiger partial charge in [0.1, 0.15) is 24.1 Å². The molecule has 0 aliphatic carbocycles. The van der Waals surface area contributed by atoms with Gasteiger partial charge in [0.25, 0.3) is 5.91 Å². The van der Waals surface area contributed by atoms with Crippen molar-refractivity contribution >= 4 is 11.9 Å². The van der Waals surface area contributed by atoms with E-state index in [9.17, 15) is 30.0 Å². The van der Waals surface area contributed by atoms with E-state index in [1.807, 2.05) is 0 Å². The molecule has 0 unspecified atom stereocenters. The molecule has 1 aliphatic rings. The highest BCUT2D eigenvalue weighted by Crippen LogP contribution is 2.25. The average Bonchev–Trinajstić information content (AvgIpc) is 2.51. The number of esters is 1. The summed E-state index contributed by atoms with van der Waals surface area (Å²) in [6.07, 6.45) is -4.30. The molecule has 1 saturated heterocycles. The Morgan fingerprint density at radius 1 is 1.22 bits per heavy atom. The van der Waals surface area contributed by atoms with Gasteiger partial charge in [-0.2, -0.15) is 0 Å². The molecule has 0 bridgehead atoms. The minimum Gasteiger partial charge on any atom is -0.426 e. The van der Waals surface area contributed by atoms with Crippen LogP contribution in [0.3, 0.4) is 0 Å². The predicted molar refractivity (Wildman–Crippen MR) is 77.7 cm³/mol. The van der Waals surface area contributed by atoms with E-state index in [2.05, 4.69) is 0 Å². The number of piperidine rings is 1. The number of rotatable bonds is 3. The summed E-state index contributed by atoms with van der Waals surface area (Å²) >= 11 is 0. The maximum absolute atomic E-state index is 12.7. The Kier molecular flexibility index (Phi) is 5.32. The molecule has 1 aromatic rings. The first-order chi connectivity index (χ1) is 10.9. The lowest BCUT2D eigenvalue weighted by molar-refractivity contribution is -0.134. The molecule has 0 radical (unpaired) electrons.